The van der Waals surface area contributed by atoms with Gasteiger partial charge in [-0.25, -0.2) is 4.98 Å². The van der Waals surface area contributed by atoms with E-state index < -0.39 is 16.8 Å². The SMILES string of the molecule is Cc1cc(C(=O)CSc2nc3sc(-c4ccccc4)cc3c(=O)n2-c2ccccc2)c(C)n1-c1ccc(Cl)c(C(F)(F)F)c1. The molecule has 0 unspecified atom stereocenters. The smallest absolute Gasteiger partial charge is 0.318 e. The van der Waals surface area contributed by atoms with Crippen molar-refractivity contribution in [1.82, 2.24) is 14.1 Å². The van der Waals surface area contributed by atoms with Crippen molar-refractivity contribution < 1.29 is 18.0 Å². The molecular weight excluding hydrogens is 627 g/mol. The van der Waals surface area contributed by atoms with Crippen molar-refractivity contribution in [3.8, 4) is 21.8 Å². The van der Waals surface area contributed by atoms with Crippen LogP contribution >= 0.6 is 34.7 Å². The number of aryl methyl sites for hydroxylation is 1. The lowest BCUT2D eigenvalue weighted by molar-refractivity contribution is -0.137. The Balaban J connectivity index is 1.36. The molecule has 0 atom stereocenters. The Morgan fingerprint density at radius 3 is 2.27 bits per heavy atom. The standard InChI is InChI=1S/C33H23ClF3N3O2S2/c1-19-15-24(20(2)39(19)23-13-14-27(34)26(16-23)33(35,36)37)28(41)18-43-32-38-30-25(17-29(44-30)21-9-5-3-6-10-21)31(42)40(32)22-11-7-4-8-12-22/h3-17H,18H2,1-2H3. The molecule has 0 saturated carbocycles. The van der Waals surface area contributed by atoms with Crippen molar-refractivity contribution in [1.29, 1.82) is 0 Å². The fraction of sp³-hybridized carbons (Fsp3) is 0.121. The van der Waals surface area contributed by atoms with Crippen molar-refractivity contribution in [3.63, 3.8) is 0 Å². The largest absolute Gasteiger partial charge is 0.417 e. The minimum Gasteiger partial charge on any atom is -0.318 e. The van der Waals surface area contributed by atoms with Gasteiger partial charge in [0.05, 0.1) is 27.4 Å². The van der Waals surface area contributed by atoms with Gasteiger partial charge < -0.3 is 4.57 Å². The van der Waals surface area contributed by atoms with E-state index in [1.165, 1.54) is 28.0 Å². The Hall–Kier alpha value is -4.12. The van der Waals surface area contributed by atoms with Crippen LogP contribution in [-0.4, -0.2) is 25.7 Å². The molecule has 44 heavy (non-hydrogen) atoms. The van der Waals surface area contributed by atoms with E-state index in [2.05, 4.69) is 0 Å². The van der Waals surface area contributed by atoms with Crippen LogP contribution in [0.5, 0.6) is 0 Å². The van der Waals surface area contributed by atoms with Crippen LogP contribution in [0.1, 0.15) is 27.3 Å². The van der Waals surface area contributed by atoms with Crippen LogP contribution in [-0.2, 0) is 6.18 Å². The summed E-state index contributed by atoms with van der Waals surface area (Å²) in [6.45, 7) is 3.41. The van der Waals surface area contributed by atoms with Crippen LogP contribution in [0.2, 0.25) is 5.02 Å². The highest BCUT2D eigenvalue weighted by Gasteiger charge is 2.34. The molecule has 0 amide bonds. The maximum absolute atomic E-state index is 13.8. The number of carbonyl (C=O) groups excluding carboxylic acids is 1. The summed E-state index contributed by atoms with van der Waals surface area (Å²) >= 11 is 8.37. The van der Waals surface area contributed by atoms with Crippen LogP contribution in [0.25, 0.3) is 32.0 Å². The molecule has 0 saturated heterocycles. The topological polar surface area (TPSA) is 56.9 Å². The number of thioether (sulfide) groups is 1. The Morgan fingerprint density at radius 1 is 0.909 bits per heavy atom. The zero-order chi connectivity index (χ0) is 31.2. The molecule has 0 spiro atoms. The highest BCUT2D eigenvalue weighted by Crippen LogP contribution is 2.37. The molecule has 0 aliphatic rings. The second-order valence-electron chi connectivity index (χ2n) is 10.1. The quantitative estimate of drug-likeness (QED) is 0.0983. The number of halogens is 4. The third-order valence-corrected chi connectivity index (χ3v) is 9.53. The second-order valence-corrected chi connectivity index (χ2v) is 12.4. The van der Waals surface area contributed by atoms with Gasteiger partial charge in [0.1, 0.15) is 4.83 Å². The van der Waals surface area contributed by atoms with Crippen molar-refractivity contribution >= 4 is 50.7 Å². The van der Waals surface area contributed by atoms with Gasteiger partial charge in [0, 0.05) is 27.5 Å². The van der Waals surface area contributed by atoms with Crippen molar-refractivity contribution in [2.24, 2.45) is 0 Å². The van der Waals surface area contributed by atoms with E-state index in [1.54, 1.807) is 36.6 Å². The summed E-state index contributed by atoms with van der Waals surface area (Å²) in [6.07, 6.45) is -4.62. The van der Waals surface area contributed by atoms with Gasteiger partial charge in [-0.05, 0) is 61.9 Å². The summed E-state index contributed by atoms with van der Waals surface area (Å²) in [7, 11) is 0. The van der Waals surface area contributed by atoms with Crippen LogP contribution in [0.4, 0.5) is 13.2 Å². The van der Waals surface area contributed by atoms with Crippen LogP contribution < -0.4 is 5.56 Å². The fourth-order valence-electron chi connectivity index (χ4n) is 5.13. The number of para-hydroxylation sites is 1. The van der Waals surface area contributed by atoms with Gasteiger partial charge in [0.2, 0.25) is 0 Å². The number of carbonyl (C=O) groups is 1. The number of aromatic nitrogens is 3. The van der Waals surface area contributed by atoms with Crippen molar-refractivity contribution in [2.45, 2.75) is 25.2 Å². The zero-order valence-corrected chi connectivity index (χ0v) is 25.7. The number of nitrogens with zero attached hydrogens (tertiary/aromatic N) is 3. The third-order valence-electron chi connectivity index (χ3n) is 7.18. The summed E-state index contributed by atoms with van der Waals surface area (Å²) in [5.41, 5.74) is 2.13. The Bertz CT molecular complexity index is 2090. The maximum atomic E-state index is 13.8. The summed E-state index contributed by atoms with van der Waals surface area (Å²) in [5, 5.41) is 0.454. The Morgan fingerprint density at radius 2 is 1.59 bits per heavy atom. The van der Waals surface area contributed by atoms with Gasteiger partial charge in [0.15, 0.2) is 10.9 Å². The lowest BCUT2D eigenvalue weighted by Gasteiger charge is -2.14. The molecule has 3 aromatic heterocycles. The lowest BCUT2D eigenvalue weighted by Crippen LogP contribution is -2.21. The van der Waals surface area contributed by atoms with Gasteiger partial charge >= 0.3 is 6.18 Å². The number of hydrogen-bond acceptors (Lipinski definition) is 5. The number of thiophene rings is 1. The van der Waals surface area contributed by atoms with Crippen molar-refractivity contribution in [2.75, 3.05) is 5.75 Å². The number of fused-ring (bicyclic) bond motifs is 1. The van der Waals surface area contributed by atoms with Gasteiger partial charge in [0.25, 0.3) is 5.56 Å². The fourth-order valence-corrected chi connectivity index (χ4v) is 7.33. The van der Waals surface area contributed by atoms with Gasteiger partial charge in [-0.1, -0.05) is 71.9 Å². The molecule has 222 valence electrons. The molecule has 3 aromatic carbocycles. The Kier molecular flexibility index (Phi) is 8.00. The van der Waals surface area contributed by atoms with E-state index in [0.29, 0.717) is 38.0 Å². The van der Waals surface area contributed by atoms with Gasteiger partial charge in [-0.15, -0.1) is 11.3 Å². The summed E-state index contributed by atoms with van der Waals surface area (Å²) in [6, 6.07) is 26.0. The average molecular weight is 650 g/mol. The minimum absolute atomic E-state index is 0.0413. The van der Waals surface area contributed by atoms with Crippen LogP contribution in [0, 0.1) is 13.8 Å². The first-order chi connectivity index (χ1) is 21.0. The summed E-state index contributed by atoms with van der Waals surface area (Å²) in [5.74, 6) is -0.287. The molecule has 3 heterocycles. The predicted molar refractivity (Wildman–Crippen MR) is 171 cm³/mol. The summed E-state index contributed by atoms with van der Waals surface area (Å²) in [4.78, 5) is 33.7. The molecule has 6 aromatic rings. The number of rotatable bonds is 7. The van der Waals surface area contributed by atoms with E-state index in [4.69, 9.17) is 16.6 Å². The molecular formula is C33H23ClF3N3O2S2. The van der Waals surface area contributed by atoms with Crippen LogP contribution in [0.15, 0.2) is 101 Å². The number of ketones is 1. The first-order valence-electron chi connectivity index (χ1n) is 13.4. The van der Waals surface area contributed by atoms with E-state index in [-0.39, 0.29) is 22.8 Å². The zero-order valence-electron chi connectivity index (χ0n) is 23.4. The molecule has 0 N–H and O–H groups in total. The summed E-state index contributed by atoms with van der Waals surface area (Å²) < 4.78 is 43.7. The molecule has 0 fully saturated rings. The minimum atomic E-state index is -4.62. The number of benzene rings is 3. The first-order valence-corrected chi connectivity index (χ1v) is 15.6. The predicted octanol–water partition coefficient (Wildman–Crippen LogP) is 9.17. The average Bonchev–Trinajstić information content (AvgIpc) is 3.57. The van der Waals surface area contributed by atoms with Gasteiger partial charge in [-0.2, -0.15) is 13.2 Å². The van der Waals surface area contributed by atoms with E-state index in [1.807, 2.05) is 54.6 Å². The maximum Gasteiger partial charge on any atom is 0.417 e. The Labute approximate surface area is 263 Å². The van der Waals surface area contributed by atoms with Crippen LogP contribution in [0.3, 0.4) is 0 Å². The van der Waals surface area contributed by atoms with E-state index >= 15 is 0 Å². The van der Waals surface area contributed by atoms with E-state index in [0.717, 1.165) is 28.3 Å². The van der Waals surface area contributed by atoms with E-state index in [9.17, 15) is 22.8 Å². The second kappa shape index (κ2) is 11.8. The number of alkyl halides is 3. The molecule has 0 aliphatic heterocycles. The number of hydrogen-bond donors (Lipinski definition) is 0. The van der Waals surface area contributed by atoms with Gasteiger partial charge in [-0.3, -0.25) is 14.2 Å². The van der Waals surface area contributed by atoms with Crippen molar-refractivity contribution in [3.05, 3.63) is 129 Å². The highest BCUT2D eigenvalue weighted by molar-refractivity contribution is 7.99. The number of Topliss-reactive ketones (excluding diaryl/α,β-unsaturated/α-hetero) is 1. The lowest BCUT2D eigenvalue weighted by atomic mass is 10.1. The molecule has 0 aliphatic carbocycles. The molecule has 0 bridgehead atoms. The molecule has 6 rings (SSSR count). The molecule has 5 nitrogen and oxygen atoms in total. The first kappa shape index (κ1) is 29.9. The monoisotopic (exact) mass is 649 g/mol. The third kappa shape index (κ3) is 5.60. The highest BCUT2D eigenvalue weighted by atomic mass is 35.5. The molecule has 0 radical (unpaired) electrons. The molecule has 11 heteroatoms. The normalized spacial score (nSPS) is 11.8.